The van der Waals surface area contributed by atoms with Crippen LogP contribution >= 0.6 is 0 Å². The van der Waals surface area contributed by atoms with E-state index in [0.717, 1.165) is 25.7 Å². The first-order valence-corrected chi connectivity index (χ1v) is 6.39. The third-order valence-electron chi connectivity index (χ3n) is 3.50. The first-order chi connectivity index (χ1) is 8.56. The van der Waals surface area contributed by atoms with Crippen LogP contribution in [0.4, 0.5) is 0 Å². The number of amides is 2. The van der Waals surface area contributed by atoms with Gasteiger partial charge in [-0.2, -0.15) is 5.10 Å². The average Bonchev–Trinajstić information content (AvgIpc) is 2.35. The van der Waals surface area contributed by atoms with Crippen LogP contribution in [0.2, 0.25) is 0 Å². The summed E-state index contributed by atoms with van der Waals surface area (Å²) >= 11 is 0. The first kappa shape index (κ1) is 13.0. The molecule has 6 heteroatoms. The summed E-state index contributed by atoms with van der Waals surface area (Å²) in [4.78, 5) is 23.2. The molecule has 1 aliphatic carbocycles. The van der Waals surface area contributed by atoms with E-state index in [1.165, 1.54) is 5.01 Å². The summed E-state index contributed by atoms with van der Waals surface area (Å²) in [6.07, 6.45) is 3.58. The van der Waals surface area contributed by atoms with Crippen molar-refractivity contribution < 1.29 is 14.7 Å². The number of nitrogens with zero attached hydrogens (tertiary/aromatic N) is 2. The van der Waals surface area contributed by atoms with E-state index in [1.807, 2.05) is 0 Å². The lowest BCUT2D eigenvalue weighted by molar-refractivity contribution is -0.130. The lowest BCUT2D eigenvalue weighted by Gasteiger charge is -2.27. The van der Waals surface area contributed by atoms with E-state index in [-0.39, 0.29) is 24.0 Å². The highest BCUT2D eigenvalue weighted by Gasteiger charge is 2.25. The van der Waals surface area contributed by atoms with Gasteiger partial charge in [-0.1, -0.05) is 0 Å². The summed E-state index contributed by atoms with van der Waals surface area (Å²) in [6, 6.07) is 0.117. The van der Waals surface area contributed by atoms with Gasteiger partial charge in [0.1, 0.15) is 5.71 Å². The molecule has 0 bridgehead atoms. The number of carbonyl (C=O) groups excluding carboxylic acids is 2. The Bertz CT molecular complexity index is 373. The predicted octanol–water partition coefficient (Wildman–Crippen LogP) is 0.0143. The lowest BCUT2D eigenvalue weighted by Crippen LogP contribution is -2.44. The van der Waals surface area contributed by atoms with E-state index in [1.54, 1.807) is 7.05 Å². The molecule has 0 unspecified atom stereocenters. The maximum absolute atomic E-state index is 12.0. The Kier molecular flexibility index (Phi) is 3.96. The highest BCUT2D eigenvalue weighted by molar-refractivity contribution is 6.39. The minimum atomic E-state index is -0.228. The highest BCUT2D eigenvalue weighted by atomic mass is 16.3. The lowest BCUT2D eigenvalue weighted by atomic mass is 9.93. The standard InChI is InChI=1S/C12H19N3O3/c1-15-11(17)7-6-10(14-15)12(18)13-8-2-4-9(16)5-3-8/h8-9,16H,2-7H2,1H3,(H,13,18). The molecule has 2 amide bonds. The second-order valence-corrected chi connectivity index (χ2v) is 4.94. The second-order valence-electron chi connectivity index (χ2n) is 4.94. The van der Waals surface area contributed by atoms with Crippen molar-refractivity contribution in [3.8, 4) is 0 Å². The number of aliphatic hydroxyl groups is 1. The minimum absolute atomic E-state index is 0.0626. The molecule has 6 nitrogen and oxygen atoms in total. The number of hydrazone groups is 1. The number of rotatable bonds is 2. The van der Waals surface area contributed by atoms with Gasteiger partial charge in [0.2, 0.25) is 5.91 Å². The van der Waals surface area contributed by atoms with Crippen LogP contribution in [0.25, 0.3) is 0 Å². The molecule has 0 radical (unpaired) electrons. The normalized spacial score (nSPS) is 28.9. The molecule has 0 saturated heterocycles. The molecule has 2 N–H and O–H groups in total. The first-order valence-electron chi connectivity index (χ1n) is 6.39. The van der Waals surface area contributed by atoms with Crippen LogP contribution in [0.5, 0.6) is 0 Å². The van der Waals surface area contributed by atoms with Crippen LogP contribution in [0.15, 0.2) is 5.10 Å². The maximum atomic E-state index is 12.0. The zero-order valence-electron chi connectivity index (χ0n) is 10.6. The number of nitrogens with one attached hydrogen (secondary N) is 1. The average molecular weight is 253 g/mol. The summed E-state index contributed by atoms with van der Waals surface area (Å²) in [5.41, 5.74) is 0.420. The van der Waals surface area contributed by atoms with Gasteiger partial charge >= 0.3 is 0 Å². The van der Waals surface area contributed by atoms with Crippen LogP contribution in [0.1, 0.15) is 38.5 Å². The molecule has 2 rings (SSSR count). The third kappa shape index (κ3) is 3.07. The molecule has 0 aromatic heterocycles. The zero-order chi connectivity index (χ0) is 13.1. The van der Waals surface area contributed by atoms with Crippen LogP contribution in [0.3, 0.4) is 0 Å². The summed E-state index contributed by atoms with van der Waals surface area (Å²) in [5.74, 6) is -0.247. The van der Waals surface area contributed by atoms with Gasteiger partial charge in [-0.3, -0.25) is 9.59 Å². The molecular formula is C12H19N3O3. The third-order valence-corrected chi connectivity index (χ3v) is 3.50. The van der Waals surface area contributed by atoms with E-state index < -0.39 is 0 Å². The van der Waals surface area contributed by atoms with Crippen molar-refractivity contribution in [2.75, 3.05) is 7.05 Å². The summed E-state index contributed by atoms with van der Waals surface area (Å²) < 4.78 is 0. The SMILES string of the molecule is CN1N=C(C(=O)NC2CCC(O)CC2)CCC1=O. The fraction of sp³-hybridized carbons (Fsp3) is 0.750. The Morgan fingerprint density at radius 1 is 1.33 bits per heavy atom. The quantitative estimate of drug-likeness (QED) is 0.727. The Labute approximate surface area is 106 Å². The molecule has 100 valence electrons. The monoisotopic (exact) mass is 253 g/mol. The van der Waals surface area contributed by atoms with Gasteiger partial charge < -0.3 is 10.4 Å². The smallest absolute Gasteiger partial charge is 0.267 e. The summed E-state index contributed by atoms with van der Waals surface area (Å²) in [7, 11) is 1.56. The van der Waals surface area contributed by atoms with Crippen molar-refractivity contribution in [1.82, 2.24) is 10.3 Å². The molecule has 1 fully saturated rings. The van der Waals surface area contributed by atoms with Crippen molar-refractivity contribution in [3.05, 3.63) is 0 Å². The van der Waals surface area contributed by atoms with Gasteiger partial charge in [0.25, 0.3) is 5.91 Å². The van der Waals surface area contributed by atoms with Crippen molar-refractivity contribution in [3.63, 3.8) is 0 Å². The molecule has 0 aromatic rings. The molecule has 0 spiro atoms. The summed E-state index contributed by atoms with van der Waals surface area (Å²) in [5, 5.41) is 17.5. The van der Waals surface area contributed by atoms with E-state index in [0.29, 0.717) is 18.6 Å². The van der Waals surface area contributed by atoms with Crippen LogP contribution < -0.4 is 5.32 Å². The number of hydrogen-bond donors (Lipinski definition) is 2. The number of hydrogen-bond acceptors (Lipinski definition) is 4. The molecule has 0 aromatic carbocycles. The molecule has 2 aliphatic rings. The largest absolute Gasteiger partial charge is 0.393 e. The van der Waals surface area contributed by atoms with Crippen molar-refractivity contribution in [2.45, 2.75) is 50.7 Å². The fourth-order valence-electron chi connectivity index (χ4n) is 2.32. The fourth-order valence-corrected chi connectivity index (χ4v) is 2.32. The Morgan fingerprint density at radius 3 is 2.61 bits per heavy atom. The van der Waals surface area contributed by atoms with Crippen LogP contribution in [0, 0.1) is 0 Å². The van der Waals surface area contributed by atoms with Gasteiger partial charge in [0, 0.05) is 25.9 Å². The predicted molar refractivity (Wildman–Crippen MR) is 65.8 cm³/mol. The van der Waals surface area contributed by atoms with Crippen LogP contribution in [-0.4, -0.2) is 46.8 Å². The maximum Gasteiger partial charge on any atom is 0.267 e. The van der Waals surface area contributed by atoms with E-state index in [4.69, 9.17) is 0 Å². The molecular weight excluding hydrogens is 234 g/mol. The molecule has 0 atom stereocenters. The minimum Gasteiger partial charge on any atom is -0.393 e. The van der Waals surface area contributed by atoms with Gasteiger partial charge in [0.15, 0.2) is 0 Å². The topological polar surface area (TPSA) is 82.0 Å². The van der Waals surface area contributed by atoms with E-state index >= 15 is 0 Å². The highest BCUT2D eigenvalue weighted by Crippen LogP contribution is 2.18. The van der Waals surface area contributed by atoms with Gasteiger partial charge in [-0.15, -0.1) is 0 Å². The number of aliphatic hydroxyl groups excluding tert-OH is 1. The Balaban J connectivity index is 1.88. The Morgan fingerprint density at radius 2 is 2.00 bits per heavy atom. The van der Waals surface area contributed by atoms with Gasteiger partial charge in [0.05, 0.1) is 6.10 Å². The zero-order valence-corrected chi connectivity index (χ0v) is 10.6. The second kappa shape index (κ2) is 5.48. The van der Waals surface area contributed by atoms with Gasteiger partial charge in [-0.05, 0) is 25.7 Å². The molecule has 1 heterocycles. The van der Waals surface area contributed by atoms with Crippen LogP contribution in [-0.2, 0) is 9.59 Å². The Hall–Kier alpha value is -1.43. The number of carbonyl (C=O) groups is 2. The van der Waals surface area contributed by atoms with Gasteiger partial charge in [-0.25, -0.2) is 5.01 Å². The van der Waals surface area contributed by atoms with Crippen molar-refractivity contribution >= 4 is 17.5 Å². The van der Waals surface area contributed by atoms with E-state index in [9.17, 15) is 14.7 Å². The molecule has 18 heavy (non-hydrogen) atoms. The summed E-state index contributed by atoms with van der Waals surface area (Å²) in [6.45, 7) is 0. The molecule has 1 saturated carbocycles. The van der Waals surface area contributed by atoms with E-state index in [2.05, 4.69) is 10.4 Å². The van der Waals surface area contributed by atoms with Crippen molar-refractivity contribution in [2.24, 2.45) is 5.10 Å². The molecule has 1 aliphatic heterocycles. The van der Waals surface area contributed by atoms with Crippen molar-refractivity contribution in [1.29, 1.82) is 0 Å².